The molecule has 0 saturated heterocycles. The van der Waals surface area contributed by atoms with Gasteiger partial charge in [0.15, 0.2) is 0 Å². The molecule has 0 spiro atoms. The fourth-order valence-electron chi connectivity index (χ4n) is 1.76. The van der Waals surface area contributed by atoms with Crippen molar-refractivity contribution in [3.63, 3.8) is 0 Å². The molecule has 2 rings (SSSR count). The van der Waals surface area contributed by atoms with Crippen LogP contribution in [0.5, 0.6) is 0 Å². The number of rotatable bonds is 5. The molecule has 0 aliphatic carbocycles. The number of nitrogens with one attached hydrogen (secondary N) is 1. The van der Waals surface area contributed by atoms with Crippen LogP contribution in [-0.4, -0.2) is 15.9 Å². The quantitative estimate of drug-likeness (QED) is 0.831. The molecule has 1 amide bonds. The number of hydrogen-bond acceptors (Lipinski definition) is 3. The van der Waals surface area contributed by atoms with Crippen LogP contribution in [0, 0.1) is 0 Å². The van der Waals surface area contributed by atoms with Crippen molar-refractivity contribution in [2.24, 2.45) is 0 Å². The summed E-state index contributed by atoms with van der Waals surface area (Å²) < 4.78 is 12.0. The minimum Gasteiger partial charge on any atom is -0.397 e. The van der Waals surface area contributed by atoms with Crippen molar-refractivity contribution in [2.45, 2.75) is 5.75 Å². The fraction of sp³-hybridized carbons (Fsp3) is 0.133. The van der Waals surface area contributed by atoms with E-state index in [1.54, 1.807) is 48.5 Å². The largest absolute Gasteiger partial charge is 0.397 e. The van der Waals surface area contributed by atoms with E-state index in [4.69, 9.17) is 17.3 Å². The van der Waals surface area contributed by atoms with Crippen LogP contribution in [0.1, 0.15) is 5.56 Å². The van der Waals surface area contributed by atoms with E-state index in [0.29, 0.717) is 22.2 Å². The number of hydrogen-bond donors (Lipinski definition) is 2. The van der Waals surface area contributed by atoms with E-state index in [1.165, 1.54) is 0 Å². The Morgan fingerprint density at radius 1 is 1.14 bits per heavy atom. The molecule has 2 aromatic carbocycles. The zero-order chi connectivity index (χ0) is 15.2. The Morgan fingerprint density at radius 2 is 1.81 bits per heavy atom. The van der Waals surface area contributed by atoms with Crippen LogP contribution in [0.4, 0.5) is 11.4 Å². The van der Waals surface area contributed by atoms with Crippen LogP contribution in [0.15, 0.2) is 48.5 Å². The van der Waals surface area contributed by atoms with Crippen molar-refractivity contribution in [1.29, 1.82) is 0 Å². The van der Waals surface area contributed by atoms with Crippen molar-refractivity contribution in [2.75, 3.05) is 16.8 Å². The number of benzene rings is 2. The summed E-state index contributed by atoms with van der Waals surface area (Å²) in [7, 11) is -1.28. The summed E-state index contributed by atoms with van der Waals surface area (Å²) in [6.07, 6.45) is 0. The number of nitrogens with two attached hydrogens (primary N) is 1. The molecule has 0 fully saturated rings. The van der Waals surface area contributed by atoms with Gasteiger partial charge in [-0.15, -0.1) is 0 Å². The number of nitrogen functional groups attached to an aromatic ring is 1. The third kappa shape index (κ3) is 4.88. The van der Waals surface area contributed by atoms with Crippen molar-refractivity contribution in [3.8, 4) is 0 Å². The van der Waals surface area contributed by atoms with Crippen LogP contribution in [-0.2, 0) is 21.3 Å². The Bertz CT molecular complexity index is 659. The lowest BCUT2D eigenvalue weighted by Gasteiger charge is -2.08. The Labute approximate surface area is 130 Å². The maximum atomic E-state index is 12.0. The van der Waals surface area contributed by atoms with Crippen molar-refractivity contribution in [1.82, 2.24) is 0 Å². The normalized spacial score (nSPS) is 11.9. The SMILES string of the molecule is Nc1ccccc1NC(=O)CS(=O)Cc1ccc(Cl)cc1. The van der Waals surface area contributed by atoms with Gasteiger partial charge in [0.05, 0.1) is 11.4 Å². The highest BCUT2D eigenvalue weighted by atomic mass is 35.5. The van der Waals surface area contributed by atoms with Gasteiger partial charge in [-0.05, 0) is 29.8 Å². The third-order valence-electron chi connectivity index (χ3n) is 2.77. The van der Waals surface area contributed by atoms with Crippen molar-refractivity contribution < 1.29 is 9.00 Å². The summed E-state index contributed by atoms with van der Waals surface area (Å²) in [5.41, 5.74) is 7.63. The lowest BCUT2D eigenvalue weighted by molar-refractivity contribution is -0.113. The highest BCUT2D eigenvalue weighted by molar-refractivity contribution is 7.84. The maximum Gasteiger partial charge on any atom is 0.237 e. The average Bonchev–Trinajstić information content (AvgIpc) is 2.44. The number of para-hydroxylation sites is 2. The number of carbonyl (C=O) groups is 1. The fourth-order valence-corrected chi connectivity index (χ4v) is 2.92. The van der Waals surface area contributed by atoms with Gasteiger partial charge in [-0.3, -0.25) is 9.00 Å². The first-order valence-corrected chi connectivity index (χ1v) is 8.15. The summed E-state index contributed by atoms with van der Waals surface area (Å²) in [6.45, 7) is 0. The summed E-state index contributed by atoms with van der Waals surface area (Å²) in [6, 6.07) is 14.0. The molecule has 1 unspecified atom stereocenters. The smallest absolute Gasteiger partial charge is 0.237 e. The van der Waals surface area contributed by atoms with E-state index in [-0.39, 0.29) is 11.7 Å². The molecule has 0 saturated carbocycles. The summed E-state index contributed by atoms with van der Waals surface area (Å²) in [4.78, 5) is 11.8. The predicted molar refractivity (Wildman–Crippen MR) is 87.6 cm³/mol. The highest BCUT2D eigenvalue weighted by Gasteiger charge is 2.10. The molecule has 3 N–H and O–H groups in total. The zero-order valence-corrected chi connectivity index (χ0v) is 12.8. The van der Waals surface area contributed by atoms with Gasteiger partial charge in [-0.1, -0.05) is 35.9 Å². The second kappa shape index (κ2) is 7.24. The van der Waals surface area contributed by atoms with Gasteiger partial charge in [0, 0.05) is 21.6 Å². The molecule has 0 heterocycles. The monoisotopic (exact) mass is 322 g/mol. The molecular weight excluding hydrogens is 308 g/mol. The summed E-state index contributed by atoms with van der Waals surface area (Å²) in [5.74, 6) is -0.0774. The van der Waals surface area contributed by atoms with Gasteiger partial charge in [0.25, 0.3) is 0 Å². The molecule has 2 aromatic rings. The average molecular weight is 323 g/mol. The van der Waals surface area contributed by atoms with E-state index in [2.05, 4.69) is 5.32 Å². The van der Waals surface area contributed by atoms with Crippen molar-refractivity contribution >= 4 is 39.7 Å². The number of anilines is 2. The maximum absolute atomic E-state index is 12.0. The zero-order valence-electron chi connectivity index (χ0n) is 11.2. The second-order valence-electron chi connectivity index (χ2n) is 4.49. The van der Waals surface area contributed by atoms with E-state index in [1.807, 2.05) is 0 Å². The molecule has 21 heavy (non-hydrogen) atoms. The van der Waals surface area contributed by atoms with Crippen LogP contribution < -0.4 is 11.1 Å². The minimum atomic E-state index is -1.28. The standard InChI is InChI=1S/C15H15ClN2O2S/c16-12-7-5-11(6-8-12)9-21(20)10-15(19)18-14-4-2-1-3-13(14)17/h1-8H,9-10,17H2,(H,18,19). The summed E-state index contributed by atoms with van der Waals surface area (Å²) >= 11 is 5.79. The molecule has 0 radical (unpaired) electrons. The molecule has 0 aromatic heterocycles. The van der Waals surface area contributed by atoms with Crippen LogP contribution in [0.25, 0.3) is 0 Å². The Kier molecular flexibility index (Phi) is 5.36. The Hall–Kier alpha value is -1.85. The second-order valence-corrected chi connectivity index (χ2v) is 6.38. The van der Waals surface area contributed by atoms with Crippen molar-refractivity contribution in [3.05, 3.63) is 59.1 Å². The van der Waals surface area contributed by atoms with Crippen LogP contribution >= 0.6 is 11.6 Å². The summed E-state index contributed by atoms with van der Waals surface area (Å²) in [5, 5.41) is 3.28. The van der Waals surface area contributed by atoms with Gasteiger partial charge < -0.3 is 11.1 Å². The van der Waals surface area contributed by atoms with Crippen LogP contribution in [0.2, 0.25) is 5.02 Å². The van der Waals surface area contributed by atoms with Gasteiger partial charge >= 0.3 is 0 Å². The van der Waals surface area contributed by atoms with Crippen LogP contribution in [0.3, 0.4) is 0 Å². The van der Waals surface area contributed by atoms with E-state index >= 15 is 0 Å². The molecule has 6 heteroatoms. The number of carbonyl (C=O) groups excluding carboxylic acids is 1. The lowest BCUT2D eigenvalue weighted by atomic mass is 10.2. The van der Waals surface area contributed by atoms with Gasteiger partial charge in [-0.2, -0.15) is 0 Å². The molecular formula is C15H15ClN2O2S. The molecule has 0 bridgehead atoms. The molecule has 110 valence electrons. The highest BCUT2D eigenvalue weighted by Crippen LogP contribution is 2.16. The van der Waals surface area contributed by atoms with E-state index < -0.39 is 10.8 Å². The van der Waals surface area contributed by atoms with Gasteiger partial charge in [-0.25, -0.2) is 0 Å². The molecule has 4 nitrogen and oxygen atoms in total. The molecule has 0 aliphatic heterocycles. The lowest BCUT2D eigenvalue weighted by Crippen LogP contribution is -2.20. The first-order chi connectivity index (χ1) is 10.0. The van der Waals surface area contributed by atoms with E-state index in [0.717, 1.165) is 5.56 Å². The molecule has 1 atom stereocenters. The van der Waals surface area contributed by atoms with Gasteiger partial charge in [0.1, 0.15) is 5.75 Å². The topological polar surface area (TPSA) is 72.2 Å². The predicted octanol–water partition coefficient (Wildman–Crippen LogP) is 2.81. The Balaban J connectivity index is 1.89. The minimum absolute atomic E-state index is 0.0725. The first kappa shape index (κ1) is 15.5. The Morgan fingerprint density at radius 3 is 2.48 bits per heavy atom. The first-order valence-electron chi connectivity index (χ1n) is 6.28. The van der Waals surface area contributed by atoms with Gasteiger partial charge in [0.2, 0.25) is 5.91 Å². The number of halogens is 1. The van der Waals surface area contributed by atoms with E-state index in [9.17, 15) is 9.00 Å². The third-order valence-corrected chi connectivity index (χ3v) is 4.26. The number of amides is 1. The molecule has 0 aliphatic rings.